The topological polar surface area (TPSA) is 94.4 Å². The van der Waals surface area contributed by atoms with E-state index in [0.29, 0.717) is 29.2 Å². The van der Waals surface area contributed by atoms with Crippen LogP contribution in [0.4, 0.5) is 11.4 Å². The third kappa shape index (κ3) is 3.96. The number of carbonyl (C=O) groups is 1. The van der Waals surface area contributed by atoms with Crippen LogP contribution >= 0.6 is 0 Å². The Bertz CT molecular complexity index is 751. The summed E-state index contributed by atoms with van der Waals surface area (Å²) in [6.45, 7) is 2.42. The molecule has 0 saturated heterocycles. The number of carboxylic acid groups (broad SMARTS) is 1. The van der Waals surface area contributed by atoms with E-state index in [1.54, 1.807) is 49.5 Å². The average molecular weight is 325 g/mol. The zero-order valence-corrected chi connectivity index (χ0v) is 13.5. The monoisotopic (exact) mass is 325 g/mol. The van der Waals surface area contributed by atoms with Gasteiger partial charge in [0, 0.05) is 12.7 Å². The standard InChI is InChI=1S/C18H19N3O3/c1-3-24-16-9-6-13(10-15(16)20-2)17(18(22)23)21-14-7-4-12(11-19)5-8-14/h4-10,17,20-21H,3H2,1-2H3,(H,22,23). The maximum atomic E-state index is 11.7. The Labute approximate surface area is 140 Å². The highest BCUT2D eigenvalue weighted by Gasteiger charge is 2.21. The minimum atomic E-state index is -0.995. The summed E-state index contributed by atoms with van der Waals surface area (Å²) in [5.41, 5.74) is 2.47. The van der Waals surface area contributed by atoms with Crippen LogP contribution in [0.2, 0.25) is 0 Å². The van der Waals surface area contributed by atoms with E-state index in [-0.39, 0.29) is 0 Å². The molecule has 0 amide bonds. The number of anilines is 2. The van der Waals surface area contributed by atoms with Crippen molar-refractivity contribution >= 4 is 17.3 Å². The molecule has 1 atom stereocenters. The molecule has 24 heavy (non-hydrogen) atoms. The van der Waals surface area contributed by atoms with Gasteiger partial charge in [0.25, 0.3) is 0 Å². The molecule has 2 rings (SSSR count). The van der Waals surface area contributed by atoms with Gasteiger partial charge < -0.3 is 20.5 Å². The van der Waals surface area contributed by atoms with E-state index in [2.05, 4.69) is 10.6 Å². The highest BCUT2D eigenvalue weighted by molar-refractivity contribution is 5.80. The number of nitrogens with one attached hydrogen (secondary N) is 2. The molecule has 6 heteroatoms. The quantitative estimate of drug-likeness (QED) is 0.723. The number of nitrogens with zero attached hydrogens (tertiary/aromatic N) is 1. The maximum Gasteiger partial charge on any atom is 0.330 e. The molecular weight excluding hydrogens is 306 g/mol. The van der Waals surface area contributed by atoms with Crippen molar-refractivity contribution < 1.29 is 14.6 Å². The van der Waals surface area contributed by atoms with Gasteiger partial charge in [0.15, 0.2) is 6.04 Å². The Kier molecular flexibility index (Phi) is 5.63. The van der Waals surface area contributed by atoms with Gasteiger partial charge in [-0.25, -0.2) is 4.79 Å². The lowest BCUT2D eigenvalue weighted by Gasteiger charge is -2.18. The van der Waals surface area contributed by atoms with Crippen LogP contribution in [-0.4, -0.2) is 24.7 Å². The van der Waals surface area contributed by atoms with Gasteiger partial charge in [0.1, 0.15) is 5.75 Å². The summed E-state index contributed by atoms with van der Waals surface area (Å²) in [5, 5.41) is 24.4. The van der Waals surface area contributed by atoms with Crippen molar-refractivity contribution in [2.45, 2.75) is 13.0 Å². The van der Waals surface area contributed by atoms with E-state index < -0.39 is 12.0 Å². The minimum absolute atomic E-state index is 0.519. The van der Waals surface area contributed by atoms with Crippen molar-refractivity contribution in [3.05, 3.63) is 53.6 Å². The highest BCUT2D eigenvalue weighted by Crippen LogP contribution is 2.29. The zero-order valence-electron chi connectivity index (χ0n) is 13.5. The van der Waals surface area contributed by atoms with Gasteiger partial charge in [-0.05, 0) is 48.9 Å². The van der Waals surface area contributed by atoms with Crippen LogP contribution in [0.1, 0.15) is 24.1 Å². The summed E-state index contributed by atoms with van der Waals surface area (Å²) in [4.78, 5) is 11.7. The SMILES string of the molecule is CCOc1ccc(C(Nc2ccc(C#N)cc2)C(=O)O)cc1NC. The second-order valence-corrected chi connectivity index (χ2v) is 5.04. The second-order valence-electron chi connectivity index (χ2n) is 5.04. The molecule has 0 aliphatic rings. The smallest absolute Gasteiger partial charge is 0.330 e. The number of ether oxygens (including phenoxy) is 1. The Morgan fingerprint density at radius 2 is 2.00 bits per heavy atom. The van der Waals surface area contributed by atoms with Gasteiger partial charge in [-0.15, -0.1) is 0 Å². The lowest BCUT2D eigenvalue weighted by Crippen LogP contribution is -2.20. The summed E-state index contributed by atoms with van der Waals surface area (Å²) in [6.07, 6.45) is 0. The average Bonchev–Trinajstić information content (AvgIpc) is 2.60. The normalized spacial score (nSPS) is 11.2. The predicted molar refractivity (Wildman–Crippen MR) is 92.3 cm³/mol. The van der Waals surface area contributed by atoms with E-state index in [9.17, 15) is 9.90 Å². The number of aliphatic carboxylic acids is 1. The van der Waals surface area contributed by atoms with Crippen LogP contribution in [-0.2, 0) is 4.79 Å². The summed E-state index contributed by atoms with van der Waals surface area (Å²) >= 11 is 0. The Hall–Kier alpha value is -3.20. The van der Waals surface area contributed by atoms with Crippen molar-refractivity contribution in [1.82, 2.24) is 0 Å². The fraction of sp³-hybridized carbons (Fsp3) is 0.222. The van der Waals surface area contributed by atoms with Gasteiger partial charge in [-0.1, -0.05) is 6.07 Å². The fourth-order valence-electron chi connectivity index (χ4n) is 2.30. The molecule has 2 aromatic rings. The molecule has 0 bridgehead atoms. The minimum Gasteiger partial charge on any atom is -0.492 e. The van der Waals surface area contributed by atoms with Crippen LogP contribution in [0.5, 0.6) is 5.75 Å². The molecule has 0 fully saturated rings. The van der Waals surface area contributed by atoms with Crippen LogP contribution in [0.3, 0.4) is 0 Å². The molecule has 2 aromatic carbocycles. The van der Waals surface area contributed by atoms with Crippen molar-refractivity contribution in [2.75, 3.05) is 24.3 Å². The van der Waals surface area contributed by atoms with Crippen molar-refractivity contribution in [2.24, 2.45) is 0 Å². The molecule has 0 aliphatic heterocycles. The molecule has 0 aliphatic carbocycles. The first kappa shape index (κ1) is 17.2. The molecule has 0 heterocycles. The highest BCUT2D eigenvalue weighted by atomic mass is 16.5. The van der Waals surface area contributed by atoms with E-state index in [4.69, 9.17) is 10.00 Å². The molecular formula is C18H19N3O3. The van der Waals surface area contributed by atoms with Gasteiger partial charge >= 0.3 is 5.97 Å². The summed E-state index contributed by atoms with van der Waals surface area (Å²) < 4.78 is 5.51. The van der Waals surface area contributed by atoms with Crippen LogP contribution < -0.4 is 15.4 Å². The molecule has 0 saturated carbocycles. The fourth-order valence-corrected chi connectivity index (χ4v) is 2.30. The number of nitriles is 1. The molecule has 0 spiro atoms. The molecule has 6 nitrogen and oxygen atoms in total. The zero-order chi connectivity index (χ0) is 17.5. The van der Waals surface area contributed by atoms with Crippen LogP contribution in [0, 0.1) is 11.3 Å². The lowest BCUT2D eigenvalue weighted by molar-refractivity contribution is -0.138. The van der Waals surface area contributed by atoms with Crippen molar-refractivity contribution in [3.63, 3.8) is 0 Å². The largest absolute Gasteiger partial charge is 0.492 e. The van der Waals surface area contributed by atoms with Crippen molar-refractivity contribution in [1.29, 1.82) is 5.26 Å². The molecule has 3 N–H and O–H groups in total. The van der Waals surface area contributed by atoms with Gasteiger partial charge in [0.05, 0.1) is 23.9 Å². The van der Waals surface area contributed by atoms with Gasteiger partial charge in [-0.3, -0.25) is 0 Å². The third-order valence-electron chi connectivity index (χ3n) is 3.48. The molecule has 0 aromatic heterocycles. The Morgan fingerprint density at radius 3 is 2.54 bits per heavy atom. The van der Waals surface area contributed by atoms with E-state index in [1.807, 2.05) is 13.0 Å². The first-order valence-electron chi connectivity index (χ1n) is 7.53. The van der Waals surface area contributed by atoms with Crippen molar-refractivity contribution in [3.8, 4) is 11.8 Å². The van der Waals surface area contributed by atoms with E-state index in [1.165, 1.54) is 0 Å². The third-order valence-corrected chi connectivity index (χ3v) is 3.48. The first-order chi connectivity index (χ1) is 11.6. The Morgan fingerprint density at radius 1 is 1.29 bits per heavy atom. The Balaban J connectivity index is 2.29. The summed E-state index contributed by atoms with van der Waals surface area (Å²) in [7, 11) is 1.76. The van der Waals surface area contributed by atoms with E-state index >= 15 is 0 Å². The van der Waals surface area contributed by atoms with Crippen LogP contribution in [0.25, 0.3) is 0 Å². The van der Waals surface area contributed by atoms with Crippen LogP contribution in [0.15, 0.2) is 42.5 Å². The lowest BCUT2D eigenvalue weighted by atomic mass is 10.0. The number of rotatable bonds is 7. The molecule has 124 valence electrons. The summed E-state index contributed by atoms with van der Waals surface area (Å²) in [6, 6.07) is 13.0. The van der Waals surface area contributed by atoms with Gasteiger partial charge in [-0.2, -0.15) is 5.26 Å². The second kappa shape index (κ2) is 7.88. The first-order valence-corrected chi connectivity index (χ1v) is 7.53. The maximum absolute atomic E-state index is 11.7. The van der Waals surface area contributed by atoms with E-state index in [0.717, 1.165) is 5.69 Å². The molecule has 1 unspecified atom stereocenters. The number of benzene rings is 2. The number of hydrogen-bond donors (Lipinski definition) is 3. The van der Waals surface area contributed by atoms with Gasteiger partial charge in [0.2, 0.25) is 0 Å². The number of carboxylic acids is 1. The predicted octanol–water partition coefficient (Wildman–Crippen LogP) is 3.24. The summed E-state index contributed by atoms with van der Waals surface area (Å²) in [5.74, 6) is -0.322. The molecule has 0 radical (unpaired) electrons. The number of hydrogen-bond acceptors (Lipinski definition) is 5.